The zero-order valence-corrected chi connectivity index (χ0v) is 13.8. The fourth-order valence-corrected chi connectivity index (χ4v) is 3.74. The van der Waals surface area contributed by atoms with Gasteiger partial charge in [-0.2, -0.15) is 10.1 Å². The molecule has 0 aliphatic carbocycles. The molecule has 0 saturated carbocycles. The first kappa shape index (κ1) is 14.7. The molecular formula is C15H20ClN7. The Labute approximate surface area is 139 Å². The van der Waals surface area contributed by atoms with Gasteiger partial charge in [-0.3, -0.25) is 5.10 Å². The zero-order chi connectivity index (χ0) is 16.0. The van der Waals surface area contributed by atoms with Crippen molar-refractivity contribution in [2.75, 3.05) is 30.3 Å². The van der Waals surface area contributed by atoms with E-state index in [9.17, 15) is 0 Å². The summed E-state index contributed by atoms with van der Waals surface area (Å²) in [5, 5.41) is 11.3. The van der Waals surface area contributed by atoms with Gasteiger partial charge in [0.05, 0.1) is 16.4 Å². The predicted molar refractivity (Wildman–Crippen MR) is 90.5 cm³/mol. The molecule has 2 aromatic rings. The molecule has 2 fully saturated rings. The van der Waals surface area contributed by atoms with Gasteiger partial charge in [-0.15, -0.1) is 0 Å². The Balaban J connectivity index is 1.66. The van der Waals surface area contributed by atoms with Crippen molar-refractivity contribution in [2.24, 2.45) is 5.92 Å². The lowest BCUT2D eigenvalue weighted by Crippen LogP contribution is -2.40. The second kappa shape index (κ2) is 5.65. The lowest BCUT2D eigenvalue weighted by atomic mass is 9.94. The van der Waals surface area contributed by atoms with Crippen molar-refractivity contribution in [1.82, 2.24) is 25.5 Å². The number of nitrogens with zero attached hydrogens (tertiary/aromatic N) is 4. The zero-order valence-electron chi connectivity index (χ0n) is 13.0. The van der Waals surface area contributed by atoms with Crippen LogP contribution in [0.1, 0.15) is 18.5 Å². The van der Waals surface area contributed by atoms with Gasteiger partial charge in [0, 0.05) is 25.2 Å². The normalized spacial score (nSPS) is 24.0. The minimum atomic E-state index is 0.247. The average Bonchev–Trinajstić information content (AvgIpc) is 3.11. The SMILES string of the molecule is Cc1[nH]nc(-c2cc(N3C[C@H]4CCCN[C@H]4C3)nc(N)n2)c1Cl. The maximum absolute atomic E-state index is 6.29. The van der Waals surface area contributed by atoms with E-state index in [1.54, 1.807) is 0 Å². The van der Waals surface area contributed by atoms with Gasteiger partial charge in [0.15, 0.2) is 0 Å². The summed E-state index contributed by atoms with van der Waals surface area (Å²) in [6, 6.07) is 2.47. The van der Waals surface area contributed by atoms with Gasteiger partial charge < -0.3 is 16.0 Å². The molecule has 2 saturated heterocycles. The third-order valence-electron chi connectivity index (χ3n) is 4.77. The summed E-state index contributed by atoms with van der Waals surface area (Å²) in [6.45, 7) is 4.93. The monoisotopic (exact) mass is 333 g/mol. The van der Waals surface area contributed by atoms with E-state index in [1.807, 2.05) is 13.0 Å². The lowest BCUT2D eigenvalue weighted by Gasteiger charge is -2.24. The van der Waals surface area contributed by atoms with Crippen molar-refractivity contribution >= 4 is 23.4 Å². The molecule has 8 heteroatoms. The van der Waals surface area contributed by atoms with E-state index in [1.165, 1.54) is 12.8 Å². The number of piperidine rings is 1. The molecule has 0 aromatic carbocycles. The second-order valence-corrected chi connectivity index (χ2v) is 6.73. The van der Waals surface area contributed by atoms with Crippen molar-refractivity contribution in [3.63, 3.8) is 0 Å². The summed E-state index contributed by atoms with van der Waals surface area (Å²) in [5.41, 5.74) is 8.02. The third-order valence-corrected chi connectivity index (χ3v) is 5.23. The number of rotatable bonds is 2. The Morgan fingerprint density at radius 2 is 2.22 bits per heavy atom. The summed E-state index contributed by atoms with van der Waals surface area (Å²) in [6.07, 6.45) is 2.51. The minimum Gasteiger partial charge on any atom is -0.368 e. The maximum atomic E-state index is 6.29. The van der Waals surface area contributed by atoms with E-state index >= 15 is 0 Å². The quantitative estimate of drug-likeness (QED) is 0.772. The molecule has 0 unspecified atom stereocenters. The highest BCUT2D eigenvalue weighted by Gasteiger charge is 2.35. The number of hydrogen-bond acceptors (Lipinski definition) is 6. The van der Waals surface area contributed by atoms with Crippen molar-refractivity contribution in [3.8, 4) is 11.4 Å². The van der Waals surface area contributed by atoms with Crippen LogP contribution in [0.4, 0.5) is 11.8 Å². The molecule has 23 heavy (non-hydrogen) atoms. The van der Waals surface area contributed by atoms with Crippen LogP contribution in [0.2, 0.25) is 5.02 Å². The molecule has 0 amide bonds. The molecule has 0 bridgehead atoms. The number of aryl methyl sites for hydroxylation is 1. The van der Waals surface area contributed by atoms with Crippen molar-refractivity contribution in [2.45, 2.75) is 25.8 Å². The number of halogens is 1. The third kappa shape index (κ3) is 2.64. The Morgan fingerprint density at radius 1 is 1.35 bits per heavy atom. The first-order valence-electron chi connectivity index (χ1n) is 7.95. The molecular weight excluding hydrogens is 314 g/mol. The largest absolute Gasteiger partial charge is 0.368 e. The van der Waals surface area contributed by atoms with Crippen LogP contribution in [-0.2, 0) is 0 Å². The number of hydrogen-bond donors (Lipinski definition) is 3. The summed E-state index contributed by atoms with van der Waals surface area (Å²) in [7, 11) is 0. The minimum absolute atomic E-state index is 0.247. The molecule has 2 atom stereocenters. The average molecular weight is 334 g/mol. The smallest absolute Gasteiger partial charge is 0.222 e. The van der Waals surface area contributed by atoms with Crippen LogP contribution >= 0.6 is 11.6 Å². The van der Waals surface area contributed by atoms with Crippen LogP contribution in [0.15, 0.2) is 6.07 Å². The molecule has 4 N–H and O–H groups in total. The van der Waals surface area contributed by atoms with Crippen LogP contribution in [-0.4, -0.2) is 45.8 Å². The van der Waals surface area contributed by atoms with E-state index in [0.717, 1.165) is 31.1 Å². The Hall–Kier alpha value is -1.86. The number of anilines is 2. The molecule has 2 aliphatic heterocycles. The fraction of sp³-hybridized carbons (Fsp3) is 0.533. The van der Waals surface area contributed by atoms with Crippen LogP contribution in [0.5, 0.6) is 0 Å². The number of nitrogens with one attached hydrogen (secondary N) is 2. The van der Waals surface area contributed by atoms with E-state index in [4.69, 9.17) is 17.3 Å². The molecule has 0 spiro atoms. The Morgan fingerprint density at radius 3 is 2.96 bits per heavy atom. The Bertz CT molecular complexity index is 715. The number of fused-ring (bicyclic) bond motifs is 1. The number of nitrogen functional groups attached to an aromatic ring is 1. The molecule has 0 radical (unpaired) electrons. The van der Waals surface area contributed by atoms with Crippen molar-refractivity contribution < 1.29 is 0 Å². The number of H-pyrrole nitrogens is 1. The van der Waals surface area contributed by atoms with Gasteiger partial charge in [0.2, 0.25) is 5.95 Å². The summed E-state index contributed by atoms with van der Waals surface area (Å²) < 4.78 is 0. The van der Waals surface area contributed by atoms with Crippen molar-refractivity contribution in [3.05, 3.63) is 16.8 Å². The topological polar surface area (TPSA) is 95.8 Å². The fourth-order valence-electron chi connectivity index (χ4n) is 3.55. The van der Waals surface area contributed by atoms with Crippen LogP contribution < -0.4 is 16.0 Å². The van der Waals surface area contributed by atoms with E-state index < -0.39 is 0 Å². The highest BCUT2D eigenvalue weighted by atomic mass is 35.5. The lowest BCUT2D eigenvalue weighted by molar-refractivity contribution is 0.340. The van der Waals surface area contributed by atoms with Gasteiger partial charge in [-0.1, -0.05) is 11.6 Å². The van der Waals surface area contributed by atoms with E-state index in [2.05, 4.69) is 30.4 Å². The molecule has 4 heterocycles. The molecule has 2 aliphatic rings. The van der Waals surface area contributed by atoms with Gasteiger partial charge in [-0.25, -0.2) is 4.98 Å². The Kier molecular flexibility index (Phi) is 3.61. The van der Waals surface area contributed by atoms with Crippen molar-refractivity contribution in [1.29, 1.82) is 0 Å². The highest BCUT2D eigenvalue weighted by Crippen LogP contribution is 2.32. The summed E-state index contributed by atoms with van der Waals surface area (Å²) >= 11 is 6.29. The second-order valence-electron chi connectivity index (χ2n) is 6.35. The standard InChI is InChI=1S/C15H20ClN7/c1-8-13(16)14(22-21-8)10-5-12(20-15(17)19-10)23-6-9-3-2-4-18-11(9)7-23/h5,9,11,18H,2-4,6-7H2,1H3,(H,21,22)(H2,17,19,20)/t9-,11+/m1/s1. The maximum Gasteiger partial charge on any atom is 0.222 e. The predicted octanol–water partition coefficient (Wildman–Crippen LogP) is 1.60. The van der Waals surface area contributed by atoms with Gasteiger partial charge in [-0.05, 0) is 32.2 Å². The van der Waals surface area contributed by atoms with E-state index in [-0.39, 0.29) is 5.95 Å². The molecule has 2 aromatic heterocycles. The molecule has 7 nitrogen and oxygen atoms in total. The highest BCUT2D eigenvalue weighted by molar-refractivity contribution is 6.33. The number of aromatic nitrogens is 4. The summed E-state index contributed by atoms with van der Waals surface area (Å²) in [4.78, 5) is 11.0. The van der Waals surface area contributed by atoms with Gasteiger partial charge in [0.1, 0.15) is 11.5 Å². The number of nitrogens with two attached hydrogens (primary N) is 1. The molecule has 122 valence electrons. The summed E-state index contributed by atoms with van der Waals surface area (Å²) in [5.74, 6) is 1.78. The van der Waals surface area contributed by atoms with Crippen LogP contribution in [0.3, 0.4) is 0 Å². The van der Waals surface area contributed by atoms with Gasteiger partial charge in [0.25, 0.3) is 0 Å². The van der Waals surface area contributed by atoms with Crippen LogP contribution in [0.25, 0.3) is 11.4 Å². The van der Waals surface area contributed by atoms with E-state index in [0.29, 0.717) is 28.4 Å². The van der Waals surface area contributed by atoms with Gasteiger partial charge >= 0.3 is 0 Å². The number of aromatic amines is 1. The molecule has 4 rings (SSSR count). The first-order valence-corrected chi connectivity index (χ1v) is 8.33. The van der Waals surface area contributed by atoms with Crippen LogP contribution in [0, 0.1) is 12.8 Å². The first-order chi connectivity index (χ1) is 11.1.